The number of nitrogens with zero attached hydrogens (tertiary/aromatic N) is 3. The summed E-state index contributed by atoms with van der Waals surface area (Å²) in [5.74, 6) is 0. The molecule has 0 radical (unpaired) electrons. The summed E-state index contributed by atoms with van der Waals surface area (Å²) in [6, 6.07) is 0. The molecular weight excluding hydrogens is 130 g/mol. The molecule has 0 heterocycles. The molecule has 0 saturated heterocycles. The van der Waals surface area contributed by atoms with Gasteiger partial charge in [-0.25, -0.2) is 0 Å². The van der Waals surface area contributed by atoms with Gasteiger partial charge in [-0.1, -0.05) is 0 Å². The van der Waals surface area contributed by atoms with E-state index in [4.69, 9.17) is 5.11 Å². The van der Waals surface area contributed by atoms with Crippen LogP contribution < -0.4 is 0 Å². The molecule has 4 heteroatoms. The molecule has 0 aromatic rings. The van der Waals surface area contributed by atoms with Gasteiger partial charge in [0, 0.05) is 7.05 Å². The first kappa shape index (κ1) is 9.52. The van der Waals surface area contributed by atoms with E-state index >= 15 is 0 Å². The molecular formula is C6H15N3O. The third kappa shape index (κ3) is 2.04. The van der Waals surface area contributed by atoms with Crippen LogP contribution in [0.2, 0.25) is 0 Å². The lowest BCUT2D eigenvalue weighted by Crippen LogP contribution is -2.42. The summed E-state index contributed by atoms with van der Waals surface area (Å²) in [6.07, 6.45) is 0. The van der Waals surface area contributed by atoms with E-state index in [9.17, 15) is 0 Å². The zero-order valence-corrected chi connectivity index (χ0v) is 7.00. The number of hydrogen-bond acceptors (Lipinski definition) is 4. The number of azo groups is 1. The van der Waals surface area contributed by atoms with Gasteiger partial charge in [0.2, 0.25) is 0 Å². The maximum Gasteiger partial charge on any atom is 0.154 e. The standard InChI is InChI=1S/C6H15N3O/c1-6(5-10,8-7-2)9(3)4/h10H,5H2,1-4H3/t6-/m0/s1. The first-order valence-electron chi connectivity index (χ1n) is 3.16. The molecule has 0 aromatic carbocycles. The number of aliphatic hydroxyl groups excluding tert-OH is 1. The highest BCUT2D eigenvalue weighted by molar-refractivity contribution is 4.76. The van der Waals surface area contributed by atoms with Crippen LogP contribution in [0.3, 0.4) is 0 Å². The second-order valence-corrected chi connectivity index (χ2v) is 2.57. The minimum atomic E-state index is -0.561. The van der Waals surface area contributed by atoms with E-state index in [1.807, 2.05) is 25.9 Å². The van der Waals surface area contributed by atoms with Crippen molar-refractivity contribution in [2.45, 2.75) is 12.6 Å². The molecule has 0 amide bonds. The molecule has 0 aromatic heterocycles. The monoisotopic (exact) mass is 145 g/mol. The van der Waals surface area contributed by atoms with Gasteiger partial charge in [0.25, 0.3) is 0 Å². The predicted octanol–water partition coefficient (Wildman–Crippen LogP) is 0.339. The van der Waals surface area contributed by atoms with Crippen LogP contribution in [0.25, 0.3) is 0 Å². The Bertz CT molecular complexity index is 124. The predicted molar refractivity (Wildman–Crippen MR) is 40.0 cm³/mol. The Balaban J connectivity index is 4.22. The van der Waals surface area contributed by atoms with Crippen molar-refractivity contribution in [1.82, 2.24) is 4.90 Å². The van der Waals surface area contributed by atoms with Gasteiger partial charge in [0.1, 0.15) is 0 Å². The quantitative estimate of drug-likeness (QED) is 0.582. The van der Waals surface area contributed by atoms with Gasteiger partial charge in [0.05, 0.1) is 6.61 Å². The van der Waals surface area contributed by atoms with Gasteiger partial charge >= 0.3 is 0 Å². The Morgan fingerprint density at radius 3 is 2.10 bits per heavy atom. The summed E-state index contributed by atoms with van der Waals surface area (Å²) < 4.78 is 0. The fourth-order valence-corrected chi connectivity index (χ4v) is 0.478. The average Bonchev–Trinajstić information content (AvgIpc) is 1.88. The van der Waals surface area contributed by atoms with Crippen LogP contribution in [0.1, 0.15) is 6.92 Å². The van der Waals surface area contributed by atoms with Gasteiger partial charge in [0.15, 0.2) is 5.66 Å². The molecule has 1 N–H and O–H groups in total. The summed E-state index contributed by atoms with van der Waals surface area (Å²) in [6.45, 7) is 1.80. The molecule has 0 aliphatic heterocycles. The summed E-state index contributed by atoms with van der Waals surface area (Å²) in [4.78, 5) is 1.82. The summed E-state index contributed by atoms with van der Waals surface area (Å²) >= 11 is 0. The normalized spacial score (nSPS) is 18.2. The maximum atomic E-state index is 8.89. The highest BCUT2D eigenvalue weighted by Gasteiger charge is 2.24. The molecule has 0 rings (SSSR count). The highest BCUT2D eigenvalue weighted by atomic mass is 16.3. The molecule has 1 atom stereocenters. The maximum absolute atomic E-state index is 8.89. The summed E-state index contributed by atoms with van der Waals surface area (Å²) in [5.41, 5.74) is -0.561. The van der Waals surface area contributed by atoms with E-state index in [1.165, 1.54) is 0 Å². The smallest absolute Gasteiger partial charge is 0.154 e. The summed E-state index contributed by atoms with van der Waals surface area (Å²) in [7, 11) is 5.30. The number of rotatable bonds is 3. The molecule has 60 valence electrons. The van der Waals surface area contributed by atoms with Crippen LogP contribution in [-0.2, 0) is 0 Å². The third-order valence-corrected chi connectivity index (χ3v) is 1.58. The van der Waals surface area contributed by atoms with Crippen molar-refractivity contribution in [3.63, 3.8) is 0 Å². The van der Waals surface area contributed by atoms with E-state index in [2.05, 4.69) is 10.2 Å². The van der Waals surface area contributed by atoms with Gasteiger partial charge in [-0.05, 0) is 21.0 Å². The lowest BCUT2D eigenvalue weighted by atomic mass is 10.2. The Hall–Kier alpha value is -0.480. The van der Waals surface area contributed by atoms with Crippen molar-refractivity contribution in [2.24, 2.45) is 10.2 Å². The fourth-order valence-electron chi connectivity index (χ4n) is 0.478. The summed E-state index contributed by atoms with van der Waals surface area (Å²) in [5, 5.41) is 16.4. The van der Waals surface area contributed by atoms with E-state index in [0.717, 1.165) is 0 Å². The van der Waals surface area contributed by atoms with E-state index in [1.54, 1.807) is 7.05 Å². The first-order chi connectivity index (χ1) is 4.56. The van der Waals surface area contributed by atoms with Gasteiger partial charge in [-0.2, -0.15) is 10.2 Å². The molecule has 0 bridgehead atoms. The van der Waals surface area contributed by atoms with Crippen LogP contribution in [0.15, 0.2) is 10.2 Å². The molecule has 0 unspecified atom stereocenters. The van der Waals surface area contributed by atoms with Crippen molar-refractivity contribution in [1.29, 1.82) is 0 Å². The van der Waals surface area contributed by atoms with E-state index in [-0.39, 0.29) is 6.61 Å². The van der Waals surface area contributed by atoms with Crippen molar-refractivity contribution in [3.05, 3.63) is 0 Å². The lowest BCUT2D eigenvalue weighted by molar-refractivity contribution is 0.0854. The van der Waals surface area contributed by atoms with Crippen molar-refractivity contribution < 1.29 is 5.11 Å². The second-order valence-electron chi connectivity index (χ2n) is 2.57. The van der Waals surface area contributed by atoms with Crippen LogP contribution in [0, 0.1) is 0 Å². The fraction of sp³-hybridized carbons (Fsp3) is 1.00. The number of likely N-dealkylation sites (N-methyl/N-ethyl adjacent to an activating group) is 1. The molecule has 10 heavy (non-hydrogen) atoms. The number of aliphatic hydroxyl groups is 1. The van der Waals surface area contributed by atoms with E-state index in [0.29, 0.717) is 0 Å². The lowest BCUT2D eigenvalue weighted by Gasteiger charge is -2.28. The van der Waals surface area contributed by atoms with Crippen LogP contribution in [0.4, 0.5) is 0 Å². The van der Waals surface area contributed by atoms with Crippen molar-refractivity contribution in [2.75, 3.05) is 27.7 Å². The van der Waals surface area contributed by atoms with Crippen molar-refractivity contribution >= 4 is 0 Å². The average molecular weight is 145 g/mol. The molecule has 0 fully saturated rings. The zero-order valence-electron chi connectivity index (χ0n) is 7.00. The Kier molecular flexibility index (Phi) is 3.46. The first-order valence-corrected chi connectivity index (χ1v) is 3.16. The Labute approximate surface area is 61.6 Å². The van der Waals surface area contributed by atoms with Crippen LogP contribution in [-0.4, -0.2) is 43.4 Å². The Morgan fingerprint density at radius 1 is 1.50 bits per heavy atom. The molecule has 0 aliphatic carbocycles. The largest absolute Gasteiger partial charge is 0.392 e. The van der Waals surface area contributed by atoms with Gasteiger partial charge < -0.3 is 5.11 Å². The minimum absolute atomic E-state index is 0.0165. The molecule has 4 nitrogen and oxygen atoms in total. The minimum Gasteiger partial charge on any atom is -0.392 e. The molecule has 0 saturated carbocycles. The topological polar surface area (TPSA) is 48.2 Å². The third-order valence-electron chi connectivity index (χ3n) is 1.58. The van der Waals surface area contributed by atoms with Crippen molar-refractivity contribution in [3.8, 4) is 0 Å². The van der Waals surface area contributed by atoms with Gasteiger partial charge in [-0.15, -0.1) is 0 Å². The molecule has 0 spiro atoms. The van der Waals surface area contributed by atoms with Gasteiger partial charge in [-0.3, -0.25) is 4.90 Å². The molecule has 0 aliphatic rings. The SMILES string of the molecule is CN=N[C@](C)(CO)N(C)C. The zero-order chi connectivity index (χ0) is 8.20. The highest BCUT2D eigenvalue weighted by Crippen LogP contribution is 2.11. The van der Waals surface area contributed by atoms with Crippen LogP contribution in [0.5, 0.6) is 0 Å². The second kappa shape index (κ2) is 3.63. The van der Waals surface area contributed by atoms with E-state index < -0.39 is 5.66 Å². The number of hydrogen-bond donors (Lipinski definition) is 1. The Morgan fingerprint density at radius 2 is 2.00 bits per heavy atom. The van der Waals surface area contributed by atoms with Crippen LogP contribution >= 0.6 is 0 Å².